The van der Waals surface area contributed by atoms with E-state index in [4.69, 9.17) is 4.74 Å². The van der Waals surface area contributed by atoms with Crippen molar-refractivity contribution in [2.24, 2.45) is 0 Å². The topological polar surface area (TPSA) is 54.9 Å². The summed E-state index contributed by atoms with van der Waals surface area (Å²) in [6.07, 6.45) is 1.90. The van der Waals surface area contributed by atoms with Crippen molar-refractivity contribution >= 4 is 6.09 Å². The van der Waals surface area contributed by atoms with Crippen LogP contribution in [0.2, 0.25) is 0 Å². The van der Waals surface area contributed by atoms with Crippen LogP contribution in [0.4, 0.5) is 4.79 Å². The van der Waals surface area contributed by atoms with E-state index in [-0.39, 0.29) is 18.1 Å². The molecule has 1 heterocycles. The largest absolute Gasteiger partial charge is 0.449 e. The number of rotatable bonds is 3. The van der Waals surface area contributed by atoms with Crippen molar-refractivity contribution in [2.75, 3.05) is 19.7 Å². The molecule has 24 heavy (non-hydrogen) atoms. The van der Waals surface area contributed by atoms with Gasteiger partial charge in [0, 0.05) is 5.92 Å². The highest BCUT2D eigenvalue weighted by Gasteiger charge is 2.29. The number of piperidine rings is 1. The number of ether oxygens (including phenoxy) is 1. The molecule has 0 spiro atoms. The van der Waals surface area contributed by atoms with Crippen molar-refractivity contribution < 1.29 is 14.8 Å². The number of alkyl carbamates (subject to hydrolysis) is 1. The maximum Gasteiger partial charge on any atom is 0.407 e. The predicted octanol–water partition coefficient (Wildman–Crippen LogP) is 2.25. The molecule has 0 unspecified atom stereocenters. The highest BCUT2D eigenvalue weighted by atomic mass is 16.5. The zero-order valence-electron chi connectivity index (χ0n) is 13.7. The summed E-state index contributed by atoms with van der Waals surface area (Å²) in [7, 11) is 0. The molecule has 1 atom stereocenters. The van der Waals surface area contributed by atoms with Gasteiger partial charge in [-0.05, 0) is 35.1 Å². The monoisotopic (exact) mass is 323 g/mol. The average molecular weight is 323 g/mol. The number of hydrogen-bond acceptors (Lipinski definition) is 2. The van der Waals surface area contributed by atoms with Gasteiger partial charge in [-0.15, -0.1) is 0 Å². The van der Waals surface area contributed by atoms with E-state index in [1.807, 2.05) is 0 Å². The normalized spacial score (nSPS) is 19.4. The minimum absolute atomic E-state index is 0.126. The van der Waals surface area contributed by atoms with Crippen LogP contribution >= 0.6 is 0 Å². The molecule has 0 aromatic heterocycles. The van der Waals surface area contributed by atoms with E-state index < -0.39 is 0 Å². The number of nitrogens with two attached hydrogens (primary N) is 1. The van der Waals surface area contributed by atoms with E-state index in [0.717, 1.165) is 25.9 Å². The molecule has 0 bridgehead atoms. The molecule has 0 saturated carbocycles. The Morgan fingerprint density at radius 1 is 1.08 bits per heavy atom. The van der Waals surface area contributed by atoms with Gasteiger partial charge in [0.05, 0.1) is 19.1 Å². The van der Waals surface area contributed by atoms with Crippen molar-refractivity contribution in [2.45, 2.75) is 24.8 Å². The number of carbonyl (C=O) groups excluding carboxylic acids is 1. The molecule has 124 valence electrons. The van der Waals surface area contributed by atoms with E-state index in [1.54, 1.807) is 0 Å². The molecule has 0 radical (unpaired) electrons. The van der Waals surface area contributed by atoms with Gasteiger partial charge < -0.3 is 15.4 Å². The zero-order chi connectivity index (χ0) is 16.4. The Morgan fingerprint density at radius 2 is 1.75 bits per heavy atom. The van der Waals surface area contributed by atoms with E-state index >= 15 is 0 Å². The summed E-state index contributed by atoms with van der Waals surface area (Å²) in [6.45, 7) is 2.49. The van der Waals surface area contributed by atoms with Crippen molar-refractivity contribution in [1.82, 2.24) is 5.32 Å². The van der Waals surface area contributed by atoms with Crippen LogP contribution in [0.25, 0.3) is 11.1 Å². The van der Waals surface area contributed by atoms with Gasteiger partial charge in [0.15, 0.2) is 0 Å². The maximum atomic E-state index is 12.1. The van der Waals surface area contributed by atoms with Crippen molar-refractivity contribution in [3.8, 4) is 11.1 Å². The van der Waals surface area contributed by atoms with Crippen LogP contribution < -0.4 is 10.6 Å². The highest BCUT2D eigenvalue weighted by molar-refractivity contribution is 5.79. The van der Waals surface area contributed by atoms with Crippen molar-refractivity contribution in [3.05, 3.63) is 59.7 Å². The molecule has 1 saturated heterocycles. The molecule has 4 rings (SSSR count). The standard InChI is InChI=1S/C20H22N2O2/c23-20(22-14-6-5-11-21-12-14)24-13-19-17-9-3-1-7-15(17)16-8-2-4-10-18(16)19/h1-4,7-10,14,19,21H,5-6,11-13H2,(H,22,23)/p+1/t14-/m0/s1. The van der Waals surface area contributed by atoms with Gasteiger partial charge in [-0.1, -0.05) is 48.5 Å². The molecular weight excluding hydrogens is 300 g/mol. The fourth-order valence-corrected chi connectivity index (χ4v) is 3.88. The minimum atomic E-state index is -0.294. The lowest BCUT2D eigenvalue weighted by molar-refractivity contribution is -0.664. The van der Waals surface area contributed by atoms with Gasteiger partial charge in [-0.25, -0.2) is 4.79 Å². The van der Waals surface area contributed by atoms with Crippen LogP contribution in [-0.4, -0.2) is 31.8 Å². The van der Waals surface area contributed by atoms with Gasteiger partial charge >= 0.3 is 6.09 Å². The van der Waals surface area contributed by atoms with Crippen LogP contribution in [0.5, 0.6) is 0 Å². The Balaban J connectivity index is 1.45. The fraction of sp³-hybridized carbons (Fsp3) is 0.350. The summed E-state index contributed by atoms with van der Waals surface area (Å²) in [6, 6.07) is 17.0. The van der Waals surface area contributed by atoms with Crippen LogP contribution in [-0.2, 0) is 4.74 Å². The number of fused-ring (bicyclic) bond motifs is 3. The Labute approximate surface area is 142 Å². The molecular formula is C20H23N2O2+. The number of carbonyl (C=O) groups is 1. The smallest absolute Gasteiger partial charge is 0.407 e. The molecule has 1 amide bonds. The average Bonchev–Trinajstić information content (AvgIpc) is 2.95. The molecule has 4 nitrogen and oxygen atoms in total. The van der Waals surface area contributed by atoms with Gasteiger partial charge in [0.25, 0.3) is 0 Å². The van der Waals surface area contributed by atoms with Crippen LogP contribution in [0.3, 0.4) is 0 Å². The summed E-state index contributed by atoms with van der Waals surface area (Å²) >= 11 is 0. The van der Waals surface area contributed by atoms with Crippen LogP contribution in [0.15, 0.2) is 48.5 Å². The third-order valence-electron chi connectivity index (χ3n) is 5.08. The Kier molecular flexibility index (Phi) is 4.22. The molecule has 2 aliphatic rings. The second kappa shape index (κ2) is 6.65. The van der Waals surface area contributed by atoms with Gasteiger partial charge in [0.2, 0.25) is 0 Å². The van der Waals surface area contributed by atoms with E-state index in [2.05, 4.69) is 59.2 Å². The van der Waals surface area contributed by atoms with Crippen LogP contribution in [0, 0.1) is 0 Å². The summed E-state index contributed by atoms with van der Waals surface area (Å²) < 4.78 is 5.58. The number of quaternary nitrogens is 1. The molecule has 1 aliphatic heterocycles. The summed E-state index contributed by atoms with van der Waals surface area (Å²) in [5.74, 6) is 0.126. The summed E-state index contributed by atoms with van der Waals surface area (Å²) in [5.41, 5.74) is 5.00. The Bertz CT molecular complexity index is 692. The van der Waals surface area contributed by atoms with Gasteiger partial charge in [-0.3, -0.25) is 0 Å². The van der Waals surface area contributed by atoms with Crippen LogP contribution in [0.1, 0.15) is 29.9 Å². The maximum absolute atomic E-state index is 12.1. The Morgan fingerprint density at radius 3 is 2.38 bits per heavy atom. The highest BCUT2D eigenvalue weighted by Crippen LogP contribution is 2.44. The quantitative estimate of drug-likeness (QED) is 0.910. The first-order chi connectivity index (χ1) is 11.8. The summed E-state index contributed by atoms with van der Waals surface area (Å²) in [5, 5.41) is 5.25. The molecule has 4 heteroatoms. The molecule has 1 aliphatic carbocycles. The number of nitrogens with one attached hydrogen (secondary N) is 1. The Hall–Kier alpha value is -2.33. The van der Waals surface area contributed by atoms with Gasteiger partial charge in [-0.2, -0.15) is 0 Å². The second-order valence-electron chi connectivity index (χ2n) is 6.62. The lowest BCUT2D eigenvalue weighted by atomic mass is 9.98. The molecule has 2 aromatic rings. The third-order valence-corrected chi connectivity index (χ3v) is 5.08. The van der Waals surface area contributed by atoms with Crippen molar-refractivity contribution in [1.29, 1.82) is 0 Å². The number of amides is 1. The first-order valence-electron chi connectivity index (χ1n) is 8.76. The molecule has 3 N–H and O–H groups in total. The van der Waals surface area contributed by atoms with E-state index in [0.29, 0.717) is 6.61 Å². The third kappa shape index (κ3) is 2.89. The number of hydrogen-bond donors (Lipinski definition) is 2. The first kappa shape index (κ1) is 15.2. The predicted molar refractivity (Wildman–Crippen MR) is 92.9 cm³/mol. The second-order valence-corrected chi connectivity index (χ2v) is 6.62. The SMILES string of the molecule is O=C(N[C@H]1CCC[NH2+]C1)OCC1c2ccccc2-c2ccccc21. The van der Waals surface area contributed by atoms with E-state index in [1.165, 1.54) is 22.3 Å². The molecule has 1 fully saturated rings. The number of benzene rings is 2. The first-order valence-corrected chi connectivity index (χ1v) is 8.76. The van der Waals surface area contributed by atoms with Gasteiger partial charge in [0.1, 0.15) is 6.61 Å². The lowest BCUT2D eigenvalue weighted by Crippen LogP contribution is -2.89. The fourth-order valence-electron chi connectivity index (χ4n) is 3.88. The van der Waals surface area contributed by atoms with E-state index in [9.17, 15) is 4.79 Å². The zero-order valence-corrected chi connectivity index (χ0v) is 13.7. The minimum Gasteiger partial charge on any atom is -0.449 e. The molecule has 2 aromatic carbocycles. The van der Waals surface area contributed by atoms with Crippen molar-refractivity contribution in [3.63, 3.8) is 0 Å². The lowest BCUT2D eigenvalue weighted by Gasteiger charge is -2.21. The summed E-state index contributed by atoms with van der Waals surface area (Å²) in [4.78, 5) is 12.1.